The topological polar surface area (TPSA) is 77.0 Å². The van der Waals surface area contributed by atoms with Crippen molar-refractivity contribution in [3.05, 3.63) is 69.2 Å². The fourth-order valence-corrected chi connectivity index (χ4v) is 6.38. The van der Waals surface area contributed by atoms with Crippen LogP contribution >= 0.6 is 23.2 Å². The molecule has 204 valence electrons. The zero-order chi connectivity index (χ0) is 27.9. The van der Waals surface area contributed by atoms with Crippen LogP contribution in [0.4, 0.5) is 8.78 Å². The summed E-state index contributed by atoms with van der Waals surface area (Å²) in [5.74, 6) is -2.83. The van der Waals surface area contributed by atoms with Crippen molar-refractivity contribution in [3.8, 4) is 6.07 Å². The molecule has 9 heteroatoms. The van der Waals surface area contributed by atoms with Crippen LogP contribution in [0.15, 0.2) is 36.4 Å². The largest absolute Gasteiger partial charge is 0.349 e. The molecule has 4 atom stereocenters. The number of amides is 1. The maximum atomic E-state index is 15.7. The van der Waals surface area contributed by atoms with E-state index in [2.05, 4.69) is 22.0 Å². The zero-order valence-electron chi connectivity index (χ0n) is 22.1. The van der Waals surface area contributed by atoms with Gasteiger partial charge in [0.2, 0.25) is 5.91 Å². The van der Waals surface area contributed by atoms with Gasteiger partial charge in [-0.05, 0) is 68.5 Å². The Bertz CT molecular complexity index is 1250. The predicted molar refractivity (Wildman–Crippen MR) is 146 cm³/mol. The second kappa shape index (κ2) is 10.7. The summed E-state index contributed by atoms with van der Waals surface area (Å²) in [6.45, 7) is 9.52. The van der Waals surface area contributed by atoms with Crippen LogP contribution in [0.1, 0.15) is 64.0 Å². The van der Waals surface area contributed by atoms with E-state index < -0.39 is 40.6 Å². The average Bonchev–Trinajstić information content (AvgIpc) is 3.14. The first-order valence-corrected chi connectivity index (χ1v) is 13.7. The normalized spacial score (nSPS) is 27.1. The van der Waals surface area contributed by atoms with E-state index in [-0.39, 0.29) is 32.5 Å². The molecule has 0 unspecified atom stereocenters. The molecule has 4 rings (SSSR count). The Morgan fingerprint density at radius 1 is 1.18 bits per heavy atom. The minimum Gasteiger partial charge on any atom is -0.349 e. The molecule has 3 N–H and O–H groups in total. The first kappa shape index (κ1) is 28.8. The first-order valence-electron chi connectivity index (χ1n) is 12.9. The molecule has 0 spiro atoms. The number of piperidine rings is 1. The number of nitrogens with zero attached hydrogens (tertiary/aromatic N) is 1. The number of hydrogen-bond donors (Lipinski definition) is 3. The minimum absolute atomic E-state index is 0.0684. The van der Waals surface area contributed by atoms with E-state index in [1.165, 1.54) is 24.3 Å². The molecular formula is C29H34Cl2F2N4O. The Hall–Kier alpha value is -2.24. The molecule has 2 saturated heterocycles. The van der Waals surface area contributed by atoms with Gasteiger partial charge in [0.05, 0.1) is 17.1 Å². The number of carbonyl (C=O) groups excluding carboxylic acids is 1. The fraction of sp³-hybridized carbons (Fsp3) is 0.517. The van der Waals surface area contributed by atoms with E-state index in [1.807, 2.05) is 27.7 Å². The lowest BCUT2D eigenvalue weighted by Crippen LogP contribution is -2.57. The number of benzene rings is 2. The summed E-state index contributed by atoms with van der Waals surface area (Å²) in [6.07, 6.45) is 1.87. The highest BCUT2D eigenvalue weighted by atomic mass is 35.5. The summed E-state index contributed by atoms with van der Waals surface area (Å²) in [4.78, 5) is 14.0. The van der Waals surface area contributed by atoms with Gasteiger partial charge >= 0.3 is 0 Å². The summed E-state index contributed by atoms with van der Waals surface area (Å²) < 4.78 is 31.4. The monoisotopic (exact) mass is 562 g/mol. The Balaban J connectivity index is 1.94. The molecule has 2 aliphatic rings. The van der Waals surface area contributed by atoms with Gasteiger partial charge < -0.3 is 16.0 Å². The second-order valence-corrected chi connectivity index (χ2v) is 12.8. The van der Waals surface area contributed by atoms with Crippen molar-refractivity contribution in [1.29, 1.82) is 5.26 Å². The lowest BCUT2D eigenvalue weighted by Gasteiger charge is -2.38. The van der Waals surface area contributed by atoms with Gasteiger partial charge in [0, 0.05) is 28.1 Å². The molecule has 0 bridgehead atoms. The van der Waals surface area contributed by atoms with Crippen LogP contribution in [0.25, 0.3) is 0 Å². The molecule has 2 aromatic rings. The van der Waals surface area contributed by atoms with Gasteiger partial charge in [-0.25, -0.2) is 8.78 Å². The molecule has 2 aliphatic heterocycles. The molecule has 38 heavy (non-hydrogen) atoms. The quantitative estimate of drug-likeness (QED) is 0.427. The van der Waals surface area contributed by atoms with Crippen molar-refractivity contribution in [2.24, 2.45) is 5.41 Å². The summed E-state index contributed by atoms with van der Waals surface area (Å²) in [7, 11) is 0. The van der Waals surface area contributed by atoms with E-state index in [1.54, 1.807) is 6.07 Å². The molecule has 0 aromatic heterocycles. The summed E-state index contributed by atoms with van der Waals surface area (Å²) >= 11 is 12.3. The first-order chi connectivity index (χ1) is 17.8. The van der Waals surface area contributed by atoms with Gasteiger partial charge in [0.25, 0.3) is 0 Å². The molecular weight excluding hydrogens is 529 g/mol. The zero-order valence-corrected chi connectivity index (χ0v) is 23.6. The predicted octanol–water partition coefficient (Wildman–Crippen LogP) is 5.85. The Morgan fingerprint density at radius 2 is 1.87 bits per heavy atom. The lowest BCUT2D eigenvalue weighted by molar-refractivity contribution is -0.125. The Kier molecular flexibility index (Phi) is 8.12. The average molecular weight is 564 g/mol. The van der Waals surface area contributed by atoms with Crippen molar-refractivity contribution >= 4 is 29.1 Å². The number of nitriles is 1. The van der Waals surface area contributed by atoms with Crippen LogP contribution < -0.4 is 16.0 Å². The summed E-state index contributed by atoms with van der Waals surface area (Å²) in [5, 5.41) is 20.8. The number of nitrogens with one attached hydrogen (secondary N) is 3. The van der Waals surface area contributed by atoms with E-state index in [4.69, 9.17) is 23.2 Å². The maximum absolute atomic E-state index is 15.7. The van der Waals surface area contributed by atoms with Gasteiger partial charge in [-0.15, -0.1) is 0 Å². The summed E-state index contributed by atoms with van der Waals surface area (Å²) in [5.41, 5.74) is -2.24. The molecule has 0 aliphatic carbocycles. The van der Waals surface area contributed by atoms with Crippen LogP contribution in [0.5, 0.6) is 0 Å². The molecule has 1 amide bonds. The van der Waals surface area contributed by atoms with Crippen LogP contribution in [0, 0.1) is 28.4 Å². The van der Waals surface area contributed by atoms with Gasteiger partial charge in [-0.1, -0.05) is 62.2 Å². The van der Waals surface area contributed by atoms with Crippen LogP contribution in [-0.2, 0) is 10.2 Å². The minimum atomic E-state index is -1.63. The van der Waals surface area contributed by atoms with Crippen molar-refractivity contribution in [2.45, 2.75) is 75.9 Å². The van der Waals surface area contributed by atoms with E-state index >= 15 is 8.78 Å². The van der Waals surface area contributed by atoms with Crippen LogP contribution in [0.3, 0.4) is 0 Å². The molecule has 2 aromatic carbocycles. The highest BCUT2D eigenvalue weighted by Gasteiger charge is 2.61. The number of carbonyl (C=O) groups is 1. The molecule has 0 radical (unpaired) electrons. The van der Waals surface area contributed by atoms with E-state index in [0.717, 1.165) is 32.0 Å². The van der Waals surface area contributed by atoms with Gasteiger partial charge in [0.1, 0.15) is 17.0 Å². The standard InChI is InChI=1S/C29H34Cl2F2N4O/c1-27(2,3)15-22-29(16-34,19-9-8-17(30)14-21(19)32)23(18-6-5-7-20(31)24(18)33)25(36-22)26(38)37-28(4)10-12-35-13-11-28/h5-9,14,22-23,25,35-36H,10-13,15H2,1-4H3,(H,37,38)/t22-,23-,25+,29-/m0/s1. The highest BCUT2D eigenvalue weighted by Crippen LogP contribution is 2.52. The fourth-order valence-electron chi connectivity index (χ4n) is 6.04. The van der Waals surface area contributed by atoms with E-state index in [9.17, 15) is 10.1 Å². The molecule has 5 nitrogen and oxygen atoms in total. The van der Waals surface area contributed by atoms with Crippen molar-refractivity contribution in [1.82, 2.24) is 16.0 Å². The third kappa shape index (κ3) is 5.42. The lowest BCUT2D eigenvalue weighted by atomic mass is 9.62. The number of halogens is 4. The molecule has 2 heterocycles. The van der Waals surface area contributed by atoms with Crippen molar-refractivity contribution in [3.63, 3.8) is 0 Å². The smallest absolute Gasteiger partial charge is 0.238 e. The van der Waals surface area contributed by atoms with Gasteiger partial charge in [0.15, 0.2) is 0 Å². The van der Waals surface area contributed by atoms with E-state index in [0.29, 0.717) is 6.42 Å². The SMILES string of the molecule is CC(C)(C)C[C@@H]1N[C@@H](C(=O)NC2(C)CCNCC2)[C@H](c2cccc(Cl)c2F)[C@@]1(C#N)c1ccc(Cl)cc1F. The highest BCUT2D eigenvalue weighted by molar-refractivity contribution is 6.31. The van der Waals surface area contributed by atoms with Crippen LogP contribution in [-0.4, -0.2) is 36.6 Å². The van der Waals surface area contributed by atoms with Crippen LogP contribution in [0.2, 0.25) is 10.0 Å². The summed E-state index contributed by atoms with van der Waals surface area (Å²) in [6, 6.07) is 9.35. The van der Waals surface area contributed by atoms with Gasteiger partial charge in [-0.3, -0.25) is 4.79 Å². The van der Waals surface area contributed by atoms with Gasteiger partial charge in [-0.2, -0.15) is 5.26 Å². The maximum Gasteiger partial charge on any atom is 0.238 e. The Morgan fingerprint density at radius 3 is 2.47 bits per heavy atom. The molecule has 0 saturated carbocycles. The third-order valence-corrected chi connectivity index (χ3v) is 8.39. The Labute approximate surface area is 233 Å². The number of rotatable bonds is 5. The number of hydrogen-bond acceptors (Lipinski definition) is 4. The second-order valence-electron chi connectivity index (χ2n) is 12.0. The third-order valence-electron chi connectivity index (χ3n) is 7.86. The van der Waals surface area contributed by atoms with Crippen molar-refractivity contribution < 1.29 is 13.6 Å². The molecule has 2 fully saturated rings. The van der Waals surface area contributed by atoms with Crippen molar-refractivity contribution in [2.75, 3.05) is 13.1 Å².